The van der Waals surface area contributed by atoms with Gasteiger partial charge in [-0.15, -0.1) is 0 Å². The van der Waals surface area contributed by atoms with Gasteiger partial charge >= 0.3 is 6.03 Å². The molecule has 2 atom stereocenters. The molecule has 2 aromatic rings. The van der Waals surface area contributed by atoms with Gasteiger partial charge in [0.15, 0.2) is 0 Å². The number of urea groups is 1. The number of hydrogen-bond donors (Lipinski definition) is 2. The van der Waals surface area contributed by atoms with Crippen LogP contribution in [0.3, 0.4) is 0 Å². The SMILES string of the molecule is COc1ccc(-c2cc(NC(=O)CN3C(=O)NC4(CC(C)CC(C)(C)C4)C3=O)ccc2OC)cc1. The highest BCUT2D eigenvalue weighted by atomic mass is 16.5. The second kappa shape index (κ2) is 9.24. The molecular weight excluding hydrogens is 446 g/mol. The number of nitrogens with one attached hydrogen (secondary N) is 2. The molecule has 1 aliphatic carbocycles. The summed E-state index contributed by atoms with van der Waals surface area (Å²) in [4.78, 5) is 40.0. The normalized spacial score (nSPS) is 23.2. The summed E-state index contributed by atoms with van der Waals surface area (Å²) in [6.45, 7) is 5.99. The predicted molar refractivity (Wildman–Crippen MR) is 133 cm³/mol. The van der Waals surface area contributed by atoms with Gasteiger partial charge in [-0.3, -0.25) is 14.5 Å². The van der Waals surface area contributed by atoms with Gasteiger partial charge in [0.1, 0.15) is 23.6 Å². The smallest absolute Gasteiger partial charge is 0.325 e. The second-order valence-corrected chi connectivity index (χ2v) is 10.4. The third-order valence-electron chi connectivity index (χ3n) is 6.81. The molecule has 2 N–H and O–H groups in total. The minimum Gasteiger partial charge on any atom is -0.497 e. The van der Waals surface area contributed by atoms with Gasteiger partial charge in [-0.25, -0.2) is 4.79 Å². The van der Waals surface area contributed by atoms with Gasteiger partial charge in [0, 0.05) is 11.3 Å². The summed E-state index contributed by atoms with van der Waals surface area (Å²) in [7, 11) is 3.19. The fraction of sp³-hybridized carbons (Fsp3) is 0.444. The number of carbonyl (C=O) groups excluding carboxylic acids is 3. The van der Waals surface area contributed by atoms with Crippen molar-refractivity contribution in [3.63, 3.8) is 0 Å². The summed E-state index contributed by atoms with van der Waals surface area (Å²) in [5.74, 6) is 0.926. The Morgan fingerprint density at radius 3 is 2.43 bits per heavy atom. The molecule has 4 amide bonds. The third kappa shape index (κ3) is 4.97. The molecule has 2 aliphatic rings. The van der Waals surface area contributed by atoms with E-state index in [0.29, 0.717) is 30.2 Å². The number of nitrogens with zero attached hydrogens (tertiary/aromatic N) is 1. The van der Waals surface area contributed by atoms with Crippen LogP contribution in [-0.2, 0) is 9.59 Å². The fourth-order valence-electron chi connectivity index (χ4n) is 5.78. The second-order valence-electron chi connectivity index (χ2n) is 10.4. The van der Waals surface area contributed by atoms with E-state index in [1.165, 1.54) is 0 Å². The van der Waals surface area contributed by atoms with Crippen molar-refractivity contribution in [3.05, 3.63) is 42.5 Å². The van der Waals surface area contributed by atoms with Crippen molar-refractivity contribution >= 4 is 23.5 Å². The van der Waals surface area contributed by atoms with E-state index in [-0.39, 0.29) is 17.9 Å². The van der Waals surface area contributed by atoms with E-state index in [1.54, 1.807) is 32.4 Å². The topological polar surface area (TPSA) is 97.0 Å². The number of methoxy groups -OCH3 is 2. The zero-order valence-electron chi connectivity index (χ0n) is 20.9. The van der Waals surface area contributed by atoms with Crippen LogP contribution < -0.4 is 20.1 Å². The quantitative estimate of drug-likeness (QED) is 0.597. The van der Waals surface area contributed by atoms with E-state index in [4.69, 9.17) is 9.47 Å². The lowest BCUT2D eigenvalue weighted by Crippen LogP contribution is -2.54. The standard InChI is InChI=1S/C27H33N3O5/c1-17-13-26(2,3)16-27(14-17)24(32)30(25(33)29-27)15-23(31)28-19-8-11-22(35-5)21(12-19)18-6-9-20(34-4)10-7-18/h6-12,17H,13-16H2,1-5H3,(H,28,31)(H,29,33). The molecule has 2 fully saturated rings. The molecule has 186 valence electrons. The van der Waals surface area contributed by atoms with E-state index in [9.17, 15) is 14.4 Å². The number of anilines is 1. The van der Waals surface area contributed by atoms with Gasteiger partial charge in [0.2, 0.25) is 5.91 Å². The van der Waals surface area contributed by atoms with Crippen molar-refractivity contribution < 1.29 is 23.9 Å². The molecule has 0 radical (unpaired) electrons. The van der Waals surface area contributed by atoms with Gasteiger partial charge in [-0.1, -0.05) is 32.9 Å². The van der Waals surface area contributed by atoms with Crippen molar-refractivity contribution in [2.45, 2.75) is 45.6 Å². The van der Waals surface area contributed by atoms with Crippen molar-refractivity contribution in [2.75, 3.05) is 26.1 Å². The predicted octanol–water partition coefficient (Wildman–Crippen LogP) is 4.45. The summed E-state index contributed by atoms with van der Waals surface area (Å²) in [6, 6.07) is 12.3. The van der Waals surface area contributed by atoms with Crippen LogP contribution in [0.2, 0.25) is 0 Å². The summed E-state index contributed by atoms with van der Waals surface area (Å²) >= 11 is 0. The number of rotatable bonds is 6. The first-order chi connectivity index (χ1) is 16.6. The number of benzene rings is 2. The van der Waals surface area contributed by atoms with Crippen LogP contribution in [0.15, 0.2) is 42.5 Å². The summed E-state index contributed by atoms with van der Waals surface area (Å²) in [5, 5.41) is 5.73. The molecule has 2 unspecified atom stereocenters. The Morgan fingerprint density at radius 1 is 1.09 bits per heavy atom. The monoisotopic (exact) mass is 479 g/mol. The van der Waals surface area contributed by atoms with Crippen molar-refractivity contribution in [1.29, 1.82) is 0 Å². The maximum absolute atomic E-state index is 13.3. The Labute approximate surface area is 206 Å². The lowest BCUT2D eigenvalue weighted by molar-refractivity contribution is -0.136. The Morgan fingerprint density at radius 2 is 1.80 bits per heavy atom. The molecule has 1 aliphatic heterocycles. The van der Waals surface area contributed by atoms with E-state index >= 15 is 0 Å². The van der Waals surface area contributed by atoms with Gasteiger partial charge in [0.25, 0.3) is 5.91 Å². The highest BCUT2D eigenvalue weighted by Crippen LogP contribution is 2.46. The number of carbonyl (C=O) groups is 3. The van der Waals surface area contributed by atoms with Crippen LogP contribution in [0, 0.1) is 11.3 Å². The number of imide groups is 1. The van der Waals surface area contributed by atoms with Crippen LogP contribution in [0.1, 0.15) is 40.0 Å². The maximum Gasteiger partial charge on any atom is 0.325 e. The third-order valence-corrected chi connectivity index (χ3v) is 6.81. The van der Waals surface area contributed by atoms with Gasteiger partial charge in [0.05, 0.1) is 14.2 Å². The van der Waals surface area contributed by atoms with Crippen molar-refractivity contribution in [1.82, 2.24) is 10.2 Å². The molecule has 8 heteroatoms. The maximum atomic E-state index is 13.3. The van der Waals surface area contributed by atoms with Crippen LogP contribution >= 0.6 is 0 Å². The fourth-order valence-corrected chi connectivity index (χ4v) is 5.78. The Bertz CT molecular complexity index is 1140. The molecular formula is C27H33N3O5. The minimum atomic E-state index is -0.930. The van der Waals surface area contributed by atoms with Crippen molar-refractivity contribution in [3.8, 4) is 22.6 Å². The van der Waals surface area contributed by atoms with Gasteiger partial charge in [-0.05, 0) is 66.5 Å². The first-order valence-corrected chi connectivity index (χ1v) is 11.8. The molecule has 1 saturated carbocycles. The van der Waals surface area contributed by atoms with Crippen LogP contribution in [0.4, 0.5) is 10.5 Å². The Balaban J connectivity index is 1.49. The lowest BCUT2D eigenvalue weighted by Gasteiger charge is -2.43. The molecule has 35 heavy (non-hydrogen) atoms. The number of ether oxygens (including phenoxy) is 2. The zero-order chi connectivity index (χ0) is 25.4. The summed E-state index contributed by atoms with van der Waals surface area (Å²) < 4.78 is 10.7. The van der Waals surface area contributed by atoms with E-state index in [2.05, 4.69) is 31.4 Å². The van der Waals surface area contributed by atoms with Crippen molar-refractivity contribution in [2.24, 2.45) is 11.3 Å². The number of hydrogen-bond acceptors (Lipinski definition) is 5. The molecule has 0 aromatic heterocycles. The molecule has 8 nitrogen and oxygen atoms in total. The van der Waals surface area contributed by atoms with Crippen LogP contribution in [-0.4, -0.2) is 49.0 Å². The first kappa shape index (κ1) is 24.6. The van der Waals surface area contributed by atoms with Crippen LogP contribution in [0.25, 0.3) is 11.1 Å². The van der Waals surface area contributed by atoms with Crippen LogP contribution in [0.5, 0.6) is 11.5 Å². The Hall–Kier alpha value is -3.55. The highest BCUT2D eigenvalue weighted by Gasteiger charge is 2.56. The Kier molecular flexibility index (Phi) is 6.49. The first-order valence-electron chi connectivity index (χ1n) is 11.8. The van der Waals surface area contributed by atoms with E-state index < -0.39 is 17.5 Å². The average Bonchev–Trinajstić information content (AvgIpc) is 3.00. The molecule has 1 saturated heterocycles. The van der Waals surface area contributed by atoms with Gasteiger partial charge in [-0.2, -0.15) is 0 Å². The summed E-state index contributed by atoms with van der Waals surface area (Å²) in [5.41, 5.74) is 1.22. The average molecular weight is 480 g/mol. The number of amides is 4. The summed E-state index contributed by atoms with van der Waals surface area (Å²) in [6.07, 6.45) is 2.14. The molecule has 4 rings (SSSR count). The highest BCUT2D eigenvalue weighted by molar-refractivity contribution is 6.10. The molecule has 2 aromatic carbocycles. The molecule has 1 heterocycles. The van der Waals surface area contributed by atoms with E-state index in [1.807, 2.05) is 24.3 Å². The molecule has 1 spiro atoms. The largest absolute Gasteiger partial charge is 0.497 e. The minimum absolute atomic E-state index is 0.0696. The zero-order valence-corrected chi connectivity index (χ0v) is 20.9. The lowest BCUT2D eigenvalue weighted by atomic mass is 9.64. The van der Waals surface area contributed by atoms with Gasteiger partial charge < -0.3 is 20.1 Å². The van der Waals surface area contributed by atoms with E-state index in [0.717, 1.165) is 28.2 Å². The molecule has 0 bridgehead atoms.